The molecule has 3 aliphatic rings. The van der Waals surface area contributed by atoms with Crippen molar-refractivity contribution in [1.29, 1.82) is 0 Å². The molecule has 0 bridgehead atoms. The summed E-state index contributed by atoms with van der Waals surface area (Å²) in [6, 6.07) is 11.8. The molecule has 3 saturated heterocycles. The number of piperidine rings is 1. The lowest BCUT2D eigenvalue weighted by molar-refractivity contribution is -0.120. The molecular formula is C46H52BrF2N12O4P. The molecule has 6 heterocycles. The third-order valence-electron chi connectivity index (χ3n) is 12.8. The molecule has 3 N–H and O–H groups in total. The van der Waals surface area contributed by atoms with Crippen molar-refractivity contribution in [3.8, 4) is 5.75 Å². The largest absolute Gasteiger partial charge is 0.494 e. The molecule has 3 fully saturated rings. The Bertz CT molecular complexity index is 2920. The molecule has 346 valence electrons. The summed E-state index contributed by atoms with van der Waals surface area (Å²) in [6.45, 7) is 11.5. The highest BCUT2D eigenvalue weighted by molar-refractivity contribution is 9.10. The summed E-state index contributed by atoms with van der Waals surface area (Å²) >= 11 is 3.56. The number of pyridine rings is 1. The van der Waals surface area contributed by atoms with Gasteiger partial charge in [0.25, 0.3) is 0 Å². The average molecular weight is 986 g/mol. The zero-order valence-corrected chi connectivity index (χ0v) is 40.0. The number of carbonyl (C=O) groups is 2. The van der Waals surface area contributed by atoms with E-state index in [1.54, 1.807) is 50.5 Å². The first kappa shape index (κ1) is 45.3. The number of fused-ring (bicyclic) bond motifs is 2. The number of nitrogens with zero attached hydrogens (tertiary/aromatic N) is 9. The summed E-state index contributed by atoms with van der Waals surface area (Å²) < 4.78 is 51.8. The number of halogens is 3. The number of hydrogen-bond donors (Lipinski definition) is 3. The summed E-state index contributed by atoms with van der Waals surface area (Å²) in [7, 11) is 0.515. The van der Waals surface area contributed by atoms with Crippen molar-refractivity contribution in [2.45, 2.75) is 32.6 Å². The SMILES string of the molecule is CCc1cc(Nc2ncc(Br)c(Nc3ccc4ncc(F)cc4c3P(C)(C)=O)n2)c(OC)cc1N1CCC(CN2CCN(c3cc4c(cc3F)c(N3CCC(=O)NC3=O)nn4C)CC2)CC1. The van der Waals surface area contributed by atoms with Crippen LogP contribution in [0.25, 0.3) is 21.8 Å². The molecule has 3 amide bonds. The minimum absolute atomic E-state index is 0.161. The van der Waals surface area contributed by atoms with Crippen LogP contribution in [0, 0.1) is 17.6 Å². The number of carbonyl (C=O) groups excluding carboxylic acids is 2. The van der Waals surface area contributed by atoms with E-state index in [9.17, 15) is 18.5 Å². The highest BCUT2D eigenvalue weighted by Gasteiger charge is 2.31. The van der Waals surface area contributed by atoms with Gasteiger partial charge in [0.15, 0.2) is 5.82 Å². The predicted molar refractivity (Wildman–Crippen MR) is 259 cm³/mol. The number of anilines is 7. The Balaban J connectivity index is 0.828. The first-order valence-corrected chi connectivity index (χ1v) is 25.5. The Morgan fingerprint density at radius 3 is 2.36 bits per heavy atom. The normalized spacial score (nSPS) is 16.6. The van der Waals surface area contributed by atoms with E-state index in [-0.39, 0.29) is 24.7 Å². The van der Waals surface area contributed by atoms with E-state index in [1.807, 2.05) is 6.07 Å². The van der Waals surface area contributed by atoms with E-state index >= 15 is 4.39 Å². The summed E-state index contributed by atoms with van der Waals surface area (Å²) in [5.41, 5.74) is 5.33. The second-order valence-corrected chi connectivity index (χ2v) is 21.5. The van der Waals surface area contributed by atoms with Crippen LogP contribution in [-0.2, 0) is 22.8 Å². The highest BCUT2D eigenvalue weighted by Crippen LogP contribution is 2.43. The molecule has 0 aliphatic carbocycles. The fourth-order valence-corrected chi connectivity index (χ4v) is 11.2. The molecular weight excluding hydrogens is 933 g/mol. The molecule has 16 nitrogen and oxygen atoms in total. The van der Waals surface area contributed by atoms with Crippen molar-refractivity contribution >= 4 is 102 Å². The fourth-order valence-electron chi connectivity index (χ4n) is 9.41. The summed E-state index contributed by atoms with van der Waals surface area (Å²) in [4.78, 5) is 46.2. The Hall–Kier alpha value is -5.91. The van der Waals surface area contributed by atoms with Crippen LogP contribution in [0.2, 0.25) is 0 Å². The standard InChI is InChI=1S/C46H52BrF2N12O4P/c1-6-28-19-36(53-45-51-25-32(47)43(55-45)52-35-8-7-34-30(20-29(48)24-50-34)42(35)66(4,5)64)40(65-3)23-37(28)59-12-9-27(10-13-59)26-58-15-17-60(18-16-58)39-22-38-31(21-33(39)49)44(56-57(38)2)61-14-11-41(62)54-46(61)63/h7-8,19-25,27H,6,9-18,26H2,1-5H3,(H,54,62,63)(H2,51,52,53,55). The number of aromatic nitrogens is 5. The molecule has 20 heteroatoms. The van der Waals surface area contributed by atoms with Crippen molar-refractivity contribution < 1.29 is 27.7 Å². The van der Waals surface area contributed by atoms with E-state index in [1.165, 1.54) is 17.0 Å². The zero-order valence-electron chi connectivity index (χ0n) is 37.5. The van der Waals surface area contributed by atoms with Crippen molar-refractivity contribution in [3.63, 3.8) is 0 Å². The van der Waals surface area contributed by atoms with Gasteiger partial charge in [0.05, 0.1) is 45.9 Å². The van der Waals surface area contributed by atoms with Crippen LogP contribution in [0.5, 0.6) is 5.75 Å². The van der Waals surface area contributed by atoms with Crippen molar-refractivity contribution in [1.82, 2.24) is 34.9 Å². The maximum atomic E-state index is 15.8. The molecule has 3 aliphatic heterocycles. The summed E-state index contributed by atoms with van der Waals surface area (Å²) in [6.07, 6.45) is 5.83. The van der Waals surface area contributed by atoms with Crippen LogP contribution in [0.3, 0.4) is 0 Å². The number of nitrogens with one attached hydrogen (secondary N) is 3. The Kier molecular flexibility index (Phi) is 12.6. The van der Waals surface area contributed by atoms with Crippen LogP contribution in [0.15, 0.2) is 59.3 Å². The fraction of sp³-hybridized carbons (Fsp3) is 0.391. The molecule has 3 aromatic carbocycles. The van der Waals surface area contributed by atoms with Gasteiger partial charge in [-0.15, -0.1) is 0 Å². The van der Waals surface area contributed by atoms with E-state index in [0.29, 0.717) is 79.8 Å². The van der Waals surface area contributed by atoms with Gasteiger partial charge in [0, 0.05) is 99.9 Å². The lowest BCUT2D eigenvalue weighted by atomic mass is 9.94. The van der Waals surface area contributed by atoms with Crippen LogP contribution in [-0.4, -0.2) is 114 Å². The topological polar surface area (TPSA) is 166 Å². The number of benzene rings is 3. The van der Waals surface area contributed by atoms with Crippen LogP contribution < -0.4 is 40.7 Å². The number of aryl methyl sites for hydroxylation is 2. The minimum Gasteiger partial charge on any atom is -0.494 e. The lowest BCUT2D eigenvalue weighted by Gasteiger charge is -2.40. The van der Waals surface area contributed by atoms with Crippen molar-refractivity contribution in [3.05, 3.63) is 76.5 Å². The van der Waals surface area contributed by atoms with Gasteiger partial charge in [0.2, 0.25) is 11.9 Å². The second kappa shape index (κ2) is 18.4. The number of methoxy groups -OCH3 is 1. The number of ether oxygens (including phenoxy) is 1. The number of hydrogen-bond acceptors (Lipinski definition) is 13. The van der Waals surface area contributed by atoms with Crippen molar-refractivity contribution in [2.24, 2.45) is 13.0 Å². The number of amides is 3. The van der Waals surface area contributed by atoms with Crippen LogP contribution >= 0.6 is 23.1 Å². The molecule has 66 heavy (non-hydrogen) atoms. The van der Waals surface area contributed by atoms with Crippen LogP contribution in [0.4, 0.5) is 53.9 Å². The lowest BCUT2D eigenvalue weighted by Crippen LogP contribution is -2.49. The minimum atomic E-state index is -2.91. The summed E-state index contributed by atoms with van der Waals surface area (Å²) in [5, 5.41) is 15.0. The first-order chi connectivity index (χ1) is 31.7. The molecule has 0 spiro atoms. The number of imide groups is 1. The van der Waals surface area contributed by atoms with Gasteiger partial charge in [-0.2, -0.15) is 10.1 Å². The Morgan fingerprint density at radius 2 is 1.65 bits per heavy atom. The molecule has 3 aromatic heterocycles. The third kappa shape index (κ3) is 9.12. The van der Waals surface area contributed by atoms with Gasteiger partial charge in [-0.3, -0.25) is 29.6 Å². The van der Waals surface area contributed by atoms with Crippen LogP contribution in [0.1, 0.15) is 31.7 Å². The first-order valence-electron chi connectivity index (χ1n) is 22.1. The zero-order chi connectivity index (χ0) is 46.4. The molecule has 6 aromatic rings. The maximum absolute atomic E-state index is 15.8. The summed E-state index contributed by atoms with van der Waals surface area (Å²) in [5.74, 6) is 1.07. The molecule has 0 saturated carbocycles. The third-order valence-corrected chi connectivity index (χ3v) is 14.9. The van der Waals surface area contributed by atoms with Gasteiger partial charge in [-0.1, -0.05) is 6.92 Å². The van der Waals surface area contributed by atoms with Gasteiger partial charge in [-0.25, -0.2) is 18.6 Å². The molecule has 0 radical (unpaired) electrons. The highest BCUT2D eigenvalue weighted by atomic mass is 79.9. The van der Waals surface area contributed by atoms with Gasteiger partial charge in [-0.05, 0) is 96.4 Å². The van der Waals surface area contributed by atoms with E-state index in [4.69, 9.17) is 9.72 Å². The van der Waals surface area contributed by atoms with Gasteiger partial charge < -0.3 is 29.7 Å². The molecule has 9 rings (SSSR count). The van der Waals surface area contributed by atoms with Gasteiger partial charge >= 0.3 is 6.03 Å². The molecule has 0 unspecified atom stereocenters. The van der Waals surface area contributed by atoms with E-state index in [2.05, 4.69) is 80.7 Å². The van der Waals surface area contributed by atoms with E-state index in [0.717, 1.165) is 80.6 Å². The Morgan fingerprint density at radius 1 is 0.894 bits per heavy atom. The Labute approximate surface area is 389 Å². The van der Waals surface area contributed by atoms with E-state index < -0.39 is 19.0 Å². The monoisotopic (exact) mass is 984 g/mol. The van der Waals surface area contributed by atoms with Crippen molar-refractivity contribution in [2.75, 3.05) is 98.1 Å². The quantitative estimate of drug-likeness (QED) is 0.102. The maximum Gasteiger partial charge on any atom is 0.329 e. The number of urea groups is 1. The smallest absolute Gasteiger partial charge is 0.329 e. The number of piperazine rings is 1. The van der Waals surface area contributed by atoms with Gasteiger partial charge in [0.1, 0.15) is 30.3 Å². The molecule has 0 atom stereocenters. The average Bonchev–Trinajstić information content (AvgIpc) is 3.60. The number of rotatable bonds is 12. The second-order valence-electron chi connectivity index (χ2n) is 17.4. The predicted octanol–water partition coefficient (Wildman–Crippen LogP) is 7.74.